The third-order valence-electron chi connectivity index (χ3n) is 3.88. The number of fused-ring (bicyclic) bond motifs is 3. The predicted molar refractivity (Wildman–Crippen MR) is 94.2 cm³/mol. The number of hydrogen-bond acceptors (Lipinski definition) is 5. The maximum atomic E-state index is 10.3. The highest BCUT2D eigenvalue weighted by atomic mass is 35.5. The molecule has 2 aromatic heterocycles. The van der Waals surface area contributed by atoms with E-state index in [1.54, 1.807) is 24.3 Å². The second kappa shape index (κ2) is 6.11. The number of hydrogen-bond donors (Lipinski definition) is 2. The molecule has 0 saturated carbocycles. The first-order valence-corrected chi connectivity index (χ1v) is 7.90. The molecule has 0 aliphatic heterocycles. The highest BCUT2D eigenvalue weighted by molar-refractivity contribution is 6.30. The Balaban J connectivity index is 1.61. The summed E-state index contributed by atoms with van der Waals surface area (Å²) in [5.41, 5.74) is 2.88. The molecule has 4 aromatic rings. The van der Waals surface area contributed by atoms with Crippen LogP contribution in [-0.4, -0.2) is 21.6 Å². The molecule has 0 unspecified atom stereocenters. The highest BCUT2D eigenvalue weighted by Crippen LogP contribution is 2.30. The van der Waals surface area contributed by atoms with E-state index in [-0.39, 0.29) is 0 Å². The average molecular weight is 340 g/mol. The largest absolute Gasteiger partial charge is 0.450 e. The average Bonchev–Trinajstić information content (AvgIpc) is 2.99. The van der Waals surface area contributed by atoms with Crippen LogP contribution >= 0.6 is 11.6 Å². The van der Waals surface area contributed by atoms with E-state index in [1.807, 2.05) is 24.3 Å². The van der Waals surface area contributed by atoms with Gasteiger partial charge < -0.3 is 14.8 Å². The molecule has 0 radical (unpaired) electrons. The van der Waals surface area contributed by atoms with Crippen molar-refractivity contribution in [3.05, 3.63) is 65.4 Å². The van der Waals surface area contributed by atoms with Crippen molar-refractivity contribution in [2.75, 3.05) is 11.9 Å². The Morgan fingerprint density at radius 2 is 1.88 bits per heavy atom. The lowest BCUT2D eigenvalue weighted by atomic mass is 10.1. The Morgan fingerprint density at radius 3 is 2.71 bits per heavy atom. The number of furan rings is 1. The standard InChI is InChI=1S/C18H14ClN3O2/c19-12-7-5-11(6-8-12)14(23)9-20-18-17-16(21-10-22-18)13-3-1-2-4-15(13)24-17/h1-8,10,14,23H,9H2,(H,20,21,22)/t14-/m1/s1. The maximum Gasteiger partial charge on any atom is 0.196 e. The van der Waals surface area contributed by atoms with Gasteiger partial charge in [-0.3, -0.25) is 0 Å². The number of nitrogens with zero attached hydrogens (tertiary/aromatic N) is 2. The molecule has 0 bridgehead atoms. The summed E-state index contributed by atoms with van der Waals surface area (Å²) in [6, 6.07) is 14.8. The van der Waals surface area contributed by atoms with Crippen LogP contribution in [0.1, 0.15) is 11.7 Å². The van der Waals surface area contributed by atoms with Crippen molar-refractivity contribution in [3.8, 4) is 0 Å². The van der Waals surface area contributed by atoms with Crippen molar-refractivity contribution in [2.45, 2.75) is 6.10 Å². The van der Waals surface area contributed by atoms with Crippen molar-refractivity contribution in [1.82, 2.24) is 9.97 Å². The molecule has 2 aromatic carbocycles. The van der Waals surface area contributed by atoms with E-state index in [9.17, 15) is 5.11 Å². The predicted octanol–water partition coefficient (Wildman–Crippen LogP) is 4.17. The SMILES string of the molecule is O[C@H](CNc1ncnc2c1oc1ccccc12)c1ccc(Cl)cc1. The van der Waals surface area contributed by atoms with Gasteiger partial charge in [0, 0.05) is 17.0 Å². The molecule has 0 spiro atoms. The van der Waals surface area contributed by atoms with Gasteiger partial charge in [0.1, 0.15) is 17.4 Å². The molecule has 5 nitrogen and oxygen atoms in total. The summed E-state index contributed by atoms with van der Waals surface area (Å²) in [4.78, 5) is 8.54. The minimum absolute atomic E-state index is 0.296. The fraction of sp³-hybridized carbons (Fsp3) is 0.111. The molecule has 0 amide bonds. The normalized spacial score (nSPS) is 12.6. The van der Waals surface area contributed by atoms with Gasteiger partial charge >= 0.3 is 0 Å². The summed E-state index contributed by atoms with van der Waals surface area (Å²) in [5.74, 6) is 0.559. The third kappa shape index (κ3) is 2.68. The van der Waals surface area contributed by atoms with Gasteiger partial charge in [0.05, 0.1) is 6.10 Å². The van der Waals surface area contributed by atoms with Gasteiger partial charge in [0.25, 0.3) is 0 Å². The van der Waals surface area contributed by atoms with Crippen molar-refractivity contribution in [3.63, 3.8) is 0 Å². The minimum atomic E-state index is -0.684. The molecule has 2 heterocycles. The molecule has 0 aliphatic carbocycles. The van der Waals surface area contributed by atoms with Crippen molar-refractivity contribution in [2.24, 2.45) is 0 Å². The van der Waals surface area contributed by atoms with E-state index in [4.69, 9.17) is 16.0 Å². The molecule has 0 fully saturated rings. The summed E-state index contributed by atoms with van der Waals surface area (Å²) in [6.07, 6.45) is 0.804. The first-order valence-electron chi connectivity index (χ1n) is 7.52. The molecule has 0 aliphatic rings. The first kappa shape index (κ1) is 14.9. The van der Waals surface area contributed by atoms with Gasteiger partial charge in [-0.25, -0.2) is 9.97 Å². The number of aliphatic hydroxyl groups is 1. The molecule has 4 rings (SSSR count). The molecule has 6 heteroatoms. The van der Waals surface area contributed by atoms with Crippen LogP contribution in [0.15, 0.2) is 59.3 Å². The Hall–Kier alpha value is -2.63. The number of aliphatic hydroxyl groups excluding tert-OH is 1. The van der Waals surface area contributed by atoms with Crippen LogP contribution in [0.3, 0.4) is 0 Å². The summed E-state index contributed by atoms with van der Waals surface area (Å²) in [5, 5.41) is 15.0. The minimum Gasteiger partial charge on any atom is -0.450 e. The molecular weight excluding hydrogens is 326 g/mol. The van der Waals surface area contributed by atoms with Crippen LogP contribution < -0.4 is 5.32 Å². The van der Waals surface area contributed by atoms with Crippen LogP contribution in [0, 0.1) is 0 Å². The Bertz CT molecular complexity index is 998. The Kier molecular flexibility index (Phi) is 3.80. The van der Waals surface area contributed by atoms with Crippen molar-refractivity contribution >= 4 is 39.5 Å². The van der Waals surface area contributed by atoms with Crippen LogP contribution in [0.4, 0.5) is 5.82 Å². The fourth-order valence-corrected chi connectivity index (χ4v) is 2.77. The molecule has 24 heavy (non-hydrogen) atoms. The lowest BCUT2D eigenvalue weighted by Gasteiger charge is -2.12. The van der Waals surface area contributed by atoms with Crippen LogP contribution in [0.2, 0.25) is 5.02 Å². The van der Waals surface area contributed by atoms with E-state index in [2.05, 4.69) is 15.3 Å². The zero-order valence-electron chi connectivity index (χ0n) is 12.6. The monoisotopic (exact) mass is 339 g/mol. The number of rotatable bonds is 4. The van der Waals surface area contributed by atoms with E-state index >= 15 is 0 Å². The quantitative estimate of drug-likeness (QED) is 0.583. The smallest absolute Gasteiger partial charge is 0.196 e. The molecule has 1 atom stereocenters. The number of aromatic nitrogens is 2. The summed E-state index contributed by atoms with van der Waals surface area (Å²) in [7, 11) is 0. The molecule has 120 valence electrons. The fourth-order valence-electron chi connectivity index (χ4n) is 2.65. The van der Waals surface area contributed by atoms with Gasteiger partial charge in [-0.2, -0.15) is 0 Å². The topological polar surface area (TPSA) is 71.2 Å². The molecular formula is C18H14ClN3O2. The lowest BCUT2D eigenvalue weighted by molar-refractivity contribution is 0.191. The van der Waals surface area contributed by atoms with Gasteiger partial charge in [0.2, 0.25) is 0 Å². The summed E-state index contributed by atoms with van der Waals surface area (Å²) < 4.78 is 5.85. The van der Waals surface area contributed by atoms with E-state index < -0.39 is 6.10 Å². The Labute approximate surface area is 142 Å². The summed E-state index contributed by atoms with van der Waals surface area (Å²) in [6.45, 7) is 0.296. The van der Waals surface area contributed by atoms with Gasteiger partial charge in [-0.15, -0.1) is 0 Å². The lowest BCUT2D eigenvalue weighted by Crippen LogP contribution is -2.13. The second-order valence-corrected chi connectivity index (χ2v) is 5.88. The molecule has 0 saturated heterocycles. The van der Waals surface area contributed by atoms with Crippen LogP contribution in [0.25, 0.3) is 22.1 Å². The Morgan fingerprint density at radius 1 is 1.08 bits per heavy atom. The van der Waals surface area contributed by atoms with E-state index in [0.29, 0.717) is 23.0 Å². The van der Waals surface area contributed by atoms with E-state index in [0.717, 1.165) is 22.0 Å². The number of halogens is 1. The van der Waals surface area contributed by atoms with Crippen LogP contribution in [0.5, 0.6) is 0 Å². The third-order valence-corrected chi connectivity index (χ3v) is 4.13. The number of para-hydroxylation sites is 1. The highest BCUT2D eigenvalue weighted by Gasteiger charge is 2.14. The van der Waals surface area contributed by atoms with Crippen LogP contribution in [-0.2, 0) is 0 Å². The number of anilines is 1. The van der Waals surface area contributed by atoms with Gasteiger partial charge in [-0.1, -0.05) is 35.9 Å². The zero-order valence-corrected chi connectivity index (χ0v) is 13.4. The van der Waals surface area contributed by atoms with Gasteiger partial charge in [0.15, 0.2) is 11.4 Å². The van der Waals surface area contributed by atoms with E-state index in [1.165, 1.54) is 6.33 Å². The van der Waals surface area contributed by atoms with Crippen molar-refractivity contribution < 1.29 is 9.52 Å². The number of nitrogens with one attached hydrogen (secondary N) is 1. The van der Waals surface area contributed by atoms with Crippen molar-refractivity contribution in [1.29, 1.82) is 0 Å². The number of benzene rings is 2. The first-order chi connectivity index (χ1) is 11.7. The second-order valence-electron chi connectivity index (χ2n) is 5.45. The summed E-state index contributed by atoms with van der Waals surface area (Å²) >= 11 is 5.87. The maximum absolute atomic E-state index is 10.3. The van der Waals surface area contributed by atoms with Gasteiger partial charge in [-0.05, 0) is 29.8 Å². The zero-order chi connectivity index (χ0) is 16.5. The molecule has 2 N–H and O–H groups in total.